The molecule has 2 heteroatoms. The summed E-state index contributed by atoms with van der Waals surface area (Å²) in [6.45, 7) is 11.4. The second kappa shape index (κ2) is 8.37. The van der Waals surface area contributed by atoms with Crippen LogP contribution in [0.2, 0.25) is 0 Å². The predicted octanol–water partition coefficient (Wildman–Crippen LogP) is 7.86. The first-order chi connectivity index (χ1) is 15.0. The third-order valence-electron chi connectivity index (χ3n) is 8.31. The Morgan fingerprint density at radius 2 is 1.65 bits per heavy atom. The number of pyridine rings is 1. The second-order valence-electron chi connectivity index (χ2n) is 9.49. The summed E-state index contributed by atoms with van der Waals surface area (Å²) in [7, 11) is 0. The Hall–Kier alpha value is -2.22. The zero-order valence-electron chi connectivity index (χ0n) is 19.9. The van der Waals surface area contributed by atoms with Gasteiger partial charge in [-0.05, 0) is 60.9 Å². The lowest BCUT2D eigenvalue weighted by Gasteiger charge is -2.48. The topological polar surface area (TPSA) is 3.88 Å². The van der Waals surface area contributed by atoms with E-state index in [1.54, 1.807) is 0 Å². The average Bonchev–Trinajstić information content (AvgIpc) is 2.80. The molecule has 0 saturated heterocycles. The van der Waals surface area contributed by atoms with Gasteiger partial charge in [-0.25, -0.2) is 4.39 Å². The highest BCUT2D eigenvalue weighted by molar-refractivity contribution is 5.94. The van der Waals surface area contributed by atoms with Crippen LogP contribution in [0.1, 0.15) is 84.3 Å². The van der Waals surface area contributed by atoms with Crippen LogP contribution in [0, 0.1) is 5.82 Å². The lowest BCUT2D eigenvalue weighted by molar-refractivity contribution is -0.768. The number of unbranched alkanes of at least 4 members (excludes halogenated alkanes) is 2. The number of fused-ring (bicyclic) bond motifs is 5. The highest BCUT2D eigenvalue weighted by atomic mass is 19.1. The van der Waals surface area contributed by atoms with Crippen LogP contribution in [-0.2, 0) is 17.4 Å². The van der Waals surface area contributed by atoms with Gasteiger partial charge in [0.1, 0.15) is 5.82 Å². The van der Waals surface area contributed by atoms with Crippen LogP contribution < -0.4 is 4.57 Å². The van der Waals surface area contributed by atoms with E-state index in [2.05, 4.69) is 81.8 Å². The number of nitrogens with zero attached hydrogens (tertiary/aromatic N) is 1. The molecular formula is C29H37FN+. The molecule has 0 saturated carbocycles. The SMILES string of the molecule is CCCCCc1cc2c(cc1F)C(C)(CC)C(CC)(CC)[n+]1ccc3ccccc3c1-2. The van der Waals surface area contributed by atoms with Crippen molar-refractivity contribution in [2.24, 2.45) is 0 Å². The number of aryl methyl sites for hydroxylation is 1. The van der Waals surface area contributed by atoms with Crippen molar-refractivity contribution in [2.75, 3.05) is 0 Å². The Balaban J connectivity index is 2.09. The van der Waals surface area contributed by atoms with E-state index in [0.717, 1.165) is 50.5 Å². The van der Waals surface area contributed by atoms with E-state index in [1.165, 1.54) is 27.6 Å². The monoisotopic (exact) mass is 418 g/mol. The van der Waals surface area contributed by atoms with Crippen molar-refractivity contribution < 1.29 is 8.96 Å². The van der Waals surface area contributed by atoms with Crippen molar-refractivity contribution in [3.05, 3.63) is 65.6 Å². The second-order valence-corrected chi connectivity index (χ2v) is 9.49. The fraction of sp³-hybridized carbons (Fsp3) is 0.483. The van der Waals surface area contributed by atoms with Gasteiger partial charge in [-0.15, -0.1) is 0 Å². The minimum atomic E-state index is -0.130. The van der Waals surface area contributed by atoms with Gasteiger partial charge in [-0.1, -0.05) is 58.7 Å². The van der Waals surface area contributed by atoms with Gasteiger partial charge in [-0.3, -0.25) is 0 Å². The van der Waals surface area contributed by atoms with E-state index in [9.17, 15) is 0 Å². The van der Waals surface area contributed by atoms with Crippen molar-refractivity contribution in [1.82, 2.24) is 0 Å². The maximum absolute atomic E-state index is 15.4. The molecule has 1 aliphatic heterocycles. The summed E-state index contributed by atoms with van der Waals surface area (Å²) in [4.78, 5) is 0. The number of benzene rings is 2. The van der Waals surface area contributed by atoms with E-state index in [0.29, 0.717) is 0 Å². The normalized spacial score (nSPS) is 19.3. The molecule has 0 bridgehead atoms. The molecule has 0 N–H and O–H groups in total. The van der Waals surface area contributed by atoms with Crippen molar-refractivity contribution in [2.45, 2.75) is 90.5 Å². The Kier molecular flexibility index (Phi) is 5.94. The largest absolute Gasteiger partial charge is 0.221 e. The maximum atomic E-state index is 15.4. The summed E-state index contributed by atoms with van der Waals surface area (Å²) >= 11 is 0. The molecule has 0 aliphatic carbocycles. The molecule has 1 nitrogen and oxygen atoms in total. The minimum Gasteiger partial charge on any atom is -0.207 e. The van der Waals surface area contributed by atoms with Crippen molar-refractivity contribution in [3.8, 4) is 11.3 Å². The van der Waals surface area contributed by atoms with Crippen molar-refractivity contribution in [3.63, 3.8) is 0 Å². The third-order valence-corrected chi connectivity index (χ3v) is 8.31. The number of aromatic nitrogens is 1. The van der Waals surface area contributed by atoms with Crippen molar-refractivity contribution >= 4 is 10.8 Å². The summed E-state index contributed by atoms with van der Waals surface area (Å²) in [6, 6.07) is 15.0. The van der Waals surface area contributed by atoms with Gasteiger partial charge in [0, 0.05) is 18.9 Å². The number of hydrogen-bond donors (Lipinski definition) is 0. The molecule has 1 atom stereocenters. The number of hydrogen-bond acceptors (Lipinski definition) is 0. The first kappa shape index (κ1) is 22.0. The first-order valence-electron chi connectivity index (χ1n) is 12.2. The van der Waals surface area contributed by atoms with Crippen LogP contribution in [0.3, 0.4) is 0 Å². The molecule has 1 unspecified atom stereocenters. The molecule has 1 aromatic heterocycles. The van der Waals surface area contributed by atoms with Gasteiger partial charge in [0.25, 0.3) is 0 Å². The van der Waals surface area contributed by atoms with Crippen LogP contribution in [0.25, 0.3) is 22.0 Å². The average molecular weight is 419 g/mol. The maximum Gasteiger partial charge on any atom is 0.221 e. The summed E-state index contributed by atoms with van der Waals surface area (Å²) in [5, 5.41) is 2.51. The van der Waals surface area contributed by atoms with E-state index in [1.807, 2.05) is 6.07 Å². The quantitative estimate of drug-likeness (QED) is 0.271. The molecular weight excluding hydrogens is 381 g/mol. The molecule has 0 amide bonds. The summed E-state index contributed by atoms with van der Waals surface area (Å²) in [5.74, 6) is -0.0238. The smallest absolute Gasteiger partial charge is 0.207 e. The molecule has 31 heavy (non-hydrogen) atoms. The number of rotatable bonds is 7. The lowest BCUT2D eigenvalue weighted by Crippen LogP contribution is -2.68. The Morgan fingerprint density at radius 1 is 0.903 bits per heavy atom. The summed E-state index contributed by atoms with van der Waals surface area (Å²) in [5.41, 5.74) is 4.34. The van der Waals surface area contributed by atoms with Crippen LogP contribution >= 0.6 is 0 Å². The fourth-order valence-electron chi connectivity index (χ4n) is 6.28. The minimum absolute atomic E-state index is 0.0238. The molecule has 164 valence electrons. The van der Waals surface area contributed by atoms with E-state index < -0.39 is 0 Å². The Labute approximate surface area is 187 Å². The van der Waals surface area contributed by atoms with Gasteiger partial charge in [-0.2, -0.15) is 4.57 Å². The standard InChI is InChI=1S/C29H37FN/c1-6-10-11-15-22-19-24-25(20-26(22)30)28(5,7-2)29(8-3,9-4)31-18-17-21-14-12-13-16-23(21)27(24)31/h12-14,16-20H,6-11,15H2,1-5H3/q+1. The molecule has 2 heterocycles. The van der Waals surface area contributed by atoms with Gasteiger partial charge in [0.05, 0.1) is 16.4 Å². The zero-order chi connectivity index (χ0) is 22.2. The zero-order valence-corrected chi connectivity index (χ0v) is 19.9. The van der Waals surface area contributed by atoms with Crippen LogP contribution in [0.15, 0.2) is 48.7 Å². The summed E-state index contributed by atoms with van der Waals surface area (Å²) < 4.78 is 18.0. The molecule has 0 spiro atoms. The van der Waals surface area contributed by atoms with E-state index in [-0.39, 0.29) is 16.8 Å². The fourth-order valence-corrected chi connectivity index (χ4v) is 6.28. The molecule has 4 rings (SSSR count). The third kappa shape index (κ3) is 3.13. The highest BCUT2D eigenvalue weighted by Crippen LogP contribution is 2.52. The molecule has 0 radical (unpaired) electrons. The first-order valence-corrected chi connectivity index (χ1v) is 12.2. The highest BCUT2D eigenvalue weighted by Gasteiger charge is 2.58. The molecule has 2 aromatic carbocycles. The van der Waals surface area contributed by atoms with Crippen LogP contribution in [-0.4, -0.2) is 0 Å². The molecule has 3 aromatic rings. The van der Waals surface area contributed by atoms with Gasteiger partial charge in [0.15, 0.2) is 11.7 Å². The lowest BCUT2D eigenvalue weighted by atomic mass is 9.58. The van der Waals surface area contributed by atoms with Crippen molar-refractivity contribution in [1.29, 1.82) is 0 Å². The van der Waals surface area contributed by atoms with E-state index in [4.69, 9.17) is 0 Å². The molecule has 1 aliphatic rings. The predicted molar refractivity (Wildman–Crippen MR) is 129 cm³/mol. The van der Waals surface area contributed by atoms with Gasteiger partial charge >= 0.3 is 0 Å². The Morgan fingerprint density at radius 3 is 2.32 bits per heavy atom. The Bertz CT molecular complexity index is 1100. The van der Waals surface area contributed by atoms with Gasteiger partial charge in [0.2, 0.25) is 5.69 Å². The number of halogens is 1. The molecule has 0 fully saturated rings. The van der Waals surface area contributed by atoms with Gasteiger partial charge < -0.3 is 0 Å². The summed E-state index contributed by atoms with van der Waals surface area (Å²) in [6.07, 6.45) is 9.46. The van der Waals surface area contributed by atoms with Crippen LogP contribution in [0.4, 0.5) is 4.39 Å². The van der Waals surface area contributed by atoms with Crippen LogP contribution in [0.5, 0.6) is 0 Å². The van der Waals surface area contributed by atoms with E-state index >= 15 is 4.39 Å².